The molecule has 0 saturated heterocycles. The highest BCUT2D eigenvalue weighted by molar-refractivity contribution is 6.74. The minimum absolute atomic E-state index is 0.00148. The van der Waals surface area contributed by atoms with Gasteiger partial charge in [0.1, 0.15) is 6.61 Å². The number of hydrogen-bond donors (Lipinski definition) is 1. The summed E-state index contributed by atoms with van der Waals surface area (Å²) >= 11 is 0. The fourth-order valence-electron chi connectivity index (χ4n) is 1.73. The van der Waals surface area contributed by atoms with Gasteiger partial charge in [0, 0.05) is 0 Å². The van der Waals surface area contributed by atoms with Crippen LogP contribution in [0.4, 0.5) is 4.79 Å². The Bertz CT molecular complexity index is 569. The first-order valence-corrected chi connectivity index (χ1v) is 11.2. The van der Waals surface area contributed by atoms with Crippen molar-refractivity contribution in [2.75, 3.05) is 13.7 Å². The number of esters is 1. The van der Waals surface area contributed by atoms with Crippen molar-refractivity contribution in [1.29, 1.82) is 0 Å². The van der Waals surface area contributed by atoms with Crippen LogP contribution in [0.2, 0.25) is 18.1 Å². The van der Waals surface area contributed by atoms with Crippen molar-refractivity contribution in [3.8, 4) is 0 Å². The second-order valence-corrected chi connectivity index (χ2v) is 12.2. The summed E-state index contributed by atoms with van der Waals surface area (Å²) in [5, 5.41) is 2.52. The number of rotatable bonds is 7. The summed E-state index contributed by atoms with van der Waals surface area (Å²) in [5.41, 5.74) is 0.866. The molecule has 7 heteroatoms. The van der Waals surface area contributed by atoms with Crippen molar-refractivity contribution < 1.29 is 23.5 Å². The highest BCUT2D eigenvalue weighted by atomic mass is 28.4. The van der Waals surface area contributed by atoms with Crippen LogP contribution in [0.3, 0.4) is 0 Å². The molecule has 1 amide bonds. The number of hydrogen-bond acceptors (Lipinski definition) is 5. The molecule has 1 aromatic carbocycles. The van der Waals surface area contributed by atoms with E-state index in [2.05, 4.69) is 39.2 Å². The van der Waals surface area contributed by atoms with Crippen LogP contribution >= 0.6 is 0 Å². The van der Waals surface area contributed by atoms with E-state index in [0.29, 0.717) is 0 Å². The van der Waals surface area contributed by atoms with Gasteiger partial charge in [-0.2, -0.15) is 0 Å². The lowest BCUT2D eigenvalue weighted by molar-refractivity contribution is -0.143. The van der Waals surface area contributed by atoms with E-state index in [4.69, 9.17) is 13.9 Å². The largest absolute Gasteiger partial charge is 0.467 e. The average Bonchev–Trinajstić information content (AvgIpc) is 2.56. The topological polar surface area (TPSA) is 73.9 Å². The van der Waals surface area contributed by atoms with E-state index in [1.165, 1.54) is 7.11 Å². The summed E-state index contributed by atoms with van der Waals surface area (Å²) in [6.45, 7) is 10.7. The zero-order chi connectivity index (χ0) is 19.1. The Kier molecular flexibility index (Phi) is 7.63. The fraction of sp³-hybridized carbons (Fsp3) is 0.556. The van der Waals surface area contributed by atoms with E-state index in [-0.39, 0.29) is 18.3 Å². The Labute approximate surface area is 151 Å². The van der Waals surface area contributed by atoms with E-state index >= 15 is 0 Å². The van der Waals surface area contributed by atoms with E-state index < -0.39 is 26.4 Å². The molecule has 6 nitrogen and oxygen atoms in total. The molecule has 1 unspecified atom stereocenters. The number of amides is 1. The first-order valence-electron chi connectivity index (χ1n) is 8.26. The normalized spacial score (nSPS) is 13.0. The van der Waals surface area contributed by atoms with Crippen LogP contribution < -0.4 is 5.32 Å². The molecule has 0 aliphatic heterocycles. The summed E-state index contributed by atoms with van der Waals surface area (Å²) in [4.78, 5) is 23.9. The molecule has 25 heavy (non-hydrogen) atoms. The number of methoxy groups -OCH3 is 1. The van der Waals surface area contributed by atoms with Crippen molar-refractivity contribution in [2.45, 2.75) is 51.6 Å². The Balaban J connectivity index is 2.61. The summed E-state index contributed by atoms with van der Waals surface area (Å²) in [5.74, 6) is -0.560. The molecule has 0 aliphatic rings. The maximum absolute atomic E-state index is 12.0. The van der Waals surface area contributed by atoms with E-state index in [1.807, 2.05) is 30.3 Å². The van der Waals surface area contributed by atoms with Crippen LogP contribution in [0.5, 0.6) is 0 Å². The standard InChI is InChI=1S/C18H29NO5Si/c1-18(2,3)25(5,6)24-13-15(16(20)22-4)19-17(21)23-12-14-10-8-7-9-11-14/h7-11,15H,12-13H2,1-6H3,(H,19,21). The predicted octanol–water partition coefficient (Wildman–Crippen LogP) is 3.48. The summed E-state index contributed by atoms with van der Waals surface area (Å²) < 4.78 is 15.9. The van der Waals surface area contributed by atoms with Crippen molar-refractivity contribution in [3.05, 3.63) is 35.9 Å². The van der Waals surface area contributed by atoms with Gasteiger partial charge in [0.15, 0.2) is 14.4 Å². The van der Waals surface area contributed by atoms with Crippen LogP contribution in [-0.4, -0.2) is 40.1 Å². The molecule has 0 bridgehead atoms. The SMILES string of the molecule is COC(=O)C(CO[Si](C)(C)C(C)(C)C)NC(=O)OCc1ccccc1. The van der Waals surface area contributed by atoms with E-state index in [0.717, 1.165) is 5.56 Å². The molecule has 0 aliphatic carbocycles. The molecule has 0 fully saturated rings. The van der Waals surface area contributed by atoms with Gasteiger partial charge in [-0.05, 0) is 23.7 Å². The van der Waals surface area contributed by atoms with Gasteiger partial charge in [-0.25, -0.2) is 9.59 Å². The number of carbonyl (C=O) groups excluding carboxylic acids is 2. The van der Waals surface area contributed by atoms with Crippen molar-refractivity contribution >= 4 is 20.4 Å². The van der Waals surface area contributed by atoms with Crippen molar-refractivity contribution in [1.82, 2.24) is 5.32 Å². The molecule has 140 valence electrons. The fourth-order valence-corrected chi connectivity index (χ4v) is 2.74. The van der Waals surface area contributed by atoms with Crippen LogP contribution in [0.15, 0.2) is 30.3 Å². The van der Waals surface area contributed by atoms with Gasteiger partial charge in [0.2, 0.25) is 0 Å². The van der Waals surface area contributed by atoms with Gasteiger partial charge in [-0.3, -0.25) is 0 Å². The Morgan fingerprint density at radius 2 is 1.76 bits per heavy atom. The van der Waals surface area contributed by atoms with Crippen LogP contribution in [-0.2, 0) is 25.3 Å². The molecule has 1 N–H and O–H groups in total. The smallest absolute Gasteiger partial charge is 0.408 e. The van der Waals surface area contributed by atoms with Crippen LogP contribution in [0, 0.1) is 0 Å². The summed E-state index contributed by atoms with van der Waals surface area (Å²) in [6.07, 6.45) is -0.682. The van der Waals surface area contributed by atoms with E-state index in [9.17, 15) is 9.59 Å². The van der Waals surface area contributed by atoms with Gasteiger partial charge < -0.3 is 19.2 Å². The molecule has 1 atom stereocenters. The third-order valence-electron chi connectivity index (χ3n) is 4.41. The zero-order valence-electron chi connectivity index (χ0n) is 15.9. The van der Waals surface area contributed by atoms with Gasteiger partial charge in [-0.1, -0.05) is 51.1 Å². The maximum atomic E-state index is 12.0. The monoisotopic (exact) mass is 367 g/mol. The zero-order valence-corrected chi connectivity index (χ0v) is 16.9. The van der Waals surface area contributed by atoms with E-state index in [1.54, 1.807) is 0 Å². The molecule has 1 aromatic rings. The molecule has 0 spiro atoms. The Morgan fingerprint density at radius 1 is 1.16 bits per heavy atom. The second kappa shape index (κ2) is 9.01. The Morgan fingerprint density at radius 3 is 2.28 bits per heavy atom. The molecular weight excluding hydrogens is 338 g/mol. The molecule has 0 aromatic heterocycles. The van der Waals surface area contributed by atoms with Crippen molar-refractivity contribution in [3.63, 3.8) is 0 Å². The summed E-state index contributed by atoms with van der Waals surface area (Å²) in [6, 6.07) is 8.41. The number of ether oxygens (including phenoxy) is 2. The highest BCUT2D eigenvalue weighted by Gasteiger charge is 2.38. The summed E-state index contributed by atoms with van der Waals surface area (Å²) in [7, 11) is -0.772. The van der Waals surface area contributed by atoms with Gasteiger partial charge in [-0.15, -0.1) is 0 Å². The lowest BCUT2D eigenvalue weighted by atomic mass is 10.2. The Hall–Kier alpha value is -1.86. The molecule has 1 rings (SSSR count). The van der Waals surface area contributed by atoms with Gasteiger partial charge >= 0.3 is 12.1 Å². The quantitative estimate of drug-likeness (QED) is 0.590. The first kappa shape index (κ1) is 21.2. The lowest BCUT2D eigenvalue weighted by Crippen LogP contribution is -2.49. The number of carbonyl (C=O) groups is 2. The predicted molar refractivity (Wildman–Crippen MR) is 98.7 cm³/mol. The third-order valence-corrected chi connectivity index (χ3v) is 8.91. The maximum Gasteiger partial charge on any atom is 0.408 e. The second-order valence-electron chi connectivity index (χ2n) is 7.35. The first-order chi connectivity index (χ1) is 11.6. The minimum Gasteiger partial charge on any atom is -0.467 e. The molecular formula is C18H29NO5Si. The number of alkyl carbamates (subject to hydrolysis) is 1. The van der Waals surface area contributed by atoms with Gasteiger partial charge in [0.25, 0.3) is 0 Å². The highest BCUT2D eigenvalue weighted by Crippen LogP contribution is 2.36. The number of nitrogens with one attached hydrogen (secondary N) is 1. The minimum atomic E-state index is -2.05. The van der Waals surface area contributed by atoms with Crippen molar-refractivity contribution in [2.24, 2.45) is 0 Å². The molecule has 0 heterocycles. The van der Waals surface area contributed by atoms with Crippen LogP contribution in [0.1, 0.15) is 26.3 Å². The molecule has 0 saturated carbocycles. The third kappa shape index (κ3) is 6.87. The van der Waals surface area contributed by atoms with Gasteiger partial charge in [0.05, 0.1) is 13.7 Å². The lowest BCUT2D eigenvalue weighted by Gasteiger charge is -2.37. The number of benzene rings is 1. The average molecular weight is 368 g/mol. The van der Waals surface area contributed by atoms with Crippen LogP contribution in [0.25, 0.3) is 0 Å². The molecule has 0 radical (unpaired) electrons.